The summed E-state index contributed by atoms with van der Waals surface area (Å²) in [6.45, 7) is 2.31. The van der Waals surface area contributed by atoms with Crippen molar-refractivity contribution in [2.24, 2.45) is 0 Å². The molecule has 1 unspecified atom stereocenters. The van der Waals surface area contributed by atoms with Crippen molar-refractivity contribution in [1.29, 1.82) is 0 Å². The minimum Gasteiger partial charge on any atom is -0.306 e. The quantitative estimate of drug-likeness (QED) is 0.874. The summed E-state index contributed by atoms with van der Waals surface area (Å²) in [6.07, 6.45) is 3.31. The first kappa shape index (κ1) is 12.4. The van der Waals surface area contributed by atoms with Gasteiger partial charge in [-0.1, -0.05) is 0 Å². The Morgan fingerprint density at radius 2 is 2.29 bits per heavy atom. The van der Waals surface area contributed by atoms with Gasteiger partial charge in [-0.15, -0.1) is 0 Å². The molecule has 1 aromatic rings. The highest BCUT2D eigenvalue weighted by atomic mass is 32.2. The Morgan fingerprint density at radius 1 is 1.53 bits per heavy atom. The summed E-state index contributed by atoms with van der Waals surface area (Å²) in [4.78, 5) is 3.75. The zero-order valence-corrected chi connectivity index (χ0v) is 10.4. The van der Waals surface area contributed by atoms with Gasteiger partial charge in [0, 0.05) is 18.3 Å². The number of hydrogen-bond donors (Lipinski definition) is 1. The van der Waals surface area contributed by atoms with Crippen molar-refractivity contribution in [3.8, 4) is 0 Å². The van der Waals surface area contributed by atoms with E-state index in [0.29, 0.717) is 13.0 Å². The van der Waals surface area contributed by atoms with Gasteiger partial charge < -0.3 is 5.32 Å². The van der Waals surface area contributed by atoms with Gasteiger partial charge in [0.05, 0.1) is 17.7 Å². The summed E-state index contributed by atoms with van der Waals surface area (Å²) in [7, 11) is -2.92. The van der Waals surface area contributed by atoms with Crippen LogP contribution in [-0.2, 0) is 16.4 Å². The molecule has 1 saturated heterocycles. The van der Waals surface area contributed by atoms with Gasteiger partial charge in [0.25, 0.3) is 0 Å². The highest BCUT2D eigenvalue weighted by Crippen LogP contribution is 2.23. The molecule has 4 nitrogen and oxygen atoms in total. The lowest BCUT2D eigenvalue weighted by Crippen LogP contribution is -2.42. The Hall–Kier alpha value is -1.01. The molecule has 0 saturated carbocycles. The lowest BCUT2D eigenvalue weighted by atomic mass is 10.0. The summed E-state index contributed by atoms with van der Waals surface area (Å²) < 4.78 is 35.7. The molecule has 0 bridgehead atoms. The first-order valence-electron chi connectivity index (χ1n) is 5.43. The van der Waals surface area contributed by atoms with Crippen molar-refractivity contribution >= 4 is 9.84 Å². The van der Waals surface area contributed by atoms with Crippen molar-refractivity contribution in [1.82, 2.24) is 10.3 Å². The van der Waals surface area contributed by atoms with Crippen LogP contribution >= 0.6 is 0 Å². The van der Waals surface area contributed by atoms with Crippen LogP contribution in [0, 0.1) is 5.82 Å². The van der Waals surface area contributed by atoms with Crippen LogP contribution in [0.1, 0.15) is 18.9 Å². The highest BCUT2D eigenvalue weighted by Gasteiger charge is 2.37. The molecule has 1 atom stereocenters. The first-order chi connectivity index (χ1) is 7.89. The Morgan fingerprint density at radius 3 is 2.88 bits per heavy atom. The van der Waals surface area contributed by atoms with Crippen molar-refractivity contribution < 1.29 is 12.8 Å². The van der Waals surface area contributed by atoms with Crippen LogP contribution in [0.25, 0.3) is 0 Å². The second-order valence-electron chi connectivity index (χ2n) is 4.77. The van der Waals surface area contributed by atoms with Crippen molar-refractivity contribution in [2.45, 2.75) is 25.4 Å². The molecule has 6 heteroatoms. The SMILES string of the molecule is CC1(NCc2cncc(F)c2)CCS(=O)(=O)C1. The number of nitrogens with one attached hydrogen (secondary N) is 1. The summed E-state index contributed by atoms with van der Waals surface area (Å²) in [5, 5.41) is 3.17. The topological polar surface area (TPSA) is 59.1 Å². The molecule has 0 aromatic carbocycles. The van der Waals surface area contributed by atoms with Gasteiger partial charge in [0.2, 0.25) is 0 Å². The van der Waals surface area contributed by atoms with Gasteiger partial charge in [0.15, 0.2) is 9.84 Å². The maximum absolute atomic E-state index is 12.9. The van der Waals surface area contributed by atoms with Crippen LogP contribution in [0.15, 0.2) is 18.5 Å². The van der Waals surface area contributed by atoms with Crippen LogP contribution in [0.4, 0.5) is 4.39 Å². The Kier molecular flexibility index (Phi) is 3.18. The number of halogens is 1. The van der Waals surface area contributed by atoms with Gasteiger partial charge >= 0.3 is 0 Å². The van der Waals surface area contributed by atoms with Crippen LogP contribution in [0.5, 0.6) is 0 Å². The van der Waals surface area contributed by atoms with E-state index in [2.05, 4.69) is 10.3 Å². The Labute approximate surface area is 100 Å². The molecule has 1 aliphatic heterocycles. The van der Waals surface area contributed by atoms with E-state index in [0.717, 1.165) is 11.8 Å². The van der Waals surface area contributed by atoms with Crippen molar-refractivity contribution in [3.63, 3.8) is 0 Å². The summed E-state index contributed by atoms with van der Waals surface area (Å²) in [6, 6.07) is 1.40. The molecule has 0 spiro atoms. The predicted octanol–water partition coefficient (Wildman–Crippen LogP) is 0.888. The number of rotatable bonds is 3. The second kappa shape index (κ2) is 4.34. The van der Waals surface area contributed by atoms with E-state index in [1.54, 1.807) is 6.20 Å². The van der Waals surface area contributed by atoms with E-state index in [9.17, 15) is 12.8 Å². The number of pyridine rings is 1. The smallest absolute Gasteiger partial charge is 0.152 e. The fraction of sp³-hybridized carbons (Fsp3) is 0.545. The summed E-state index contributed by atoms with van der Waals surface area (Å²) in [5.41, 5.74) is 0.307. The third-order valence-corrected chi connectivity index (χ3v) is 4.89. The van der Waals surface area contributed by atoms with E-state index < -0.39 is 15.4 Å². The molecule has 1 aromatic heterocycles. The molecular formula is C11H15FN2O2S. The lowest BCUT2D eigenvalue weighted by molar-refractivity contribution is 0.395. The molecular weight excluding hydrogens is 243 g/mol. The maximum Gasteiger partial charge on any atom is 0.152 e. The van der Waals surface area contributed by atoms with Gasteiger partial charge in [-0.05, 0) is 25.0 Å². The van der Waals surface area contributed by atoms with Crippen LogP contribution in [0.3, 0.4) is 0 Å². The minimum absolute atomic E-state index is 0.142. The molecule has 2 heterocycles. The number of hydrogen-bond acceptors (Lipinski definition) is 4. The molecule has 0 radical (unpaired) electrons. The lowest BCUT2D eigenvalue weighted by Gasteiger charge is -2.23. The third-order valence-electron chi connectivity index (χ3n) is 2.98. The standard InChI is InChI=1S/C11H15FN2O2S/c1-11(2-3-17(15,16)8-11)14-6-9-4-10(12)7-13-5-9/h4-5,7,14H,2-3,6,8H2,1H3. The van der Waals surface area contributed by atoms with E-state index in [4.69, 9.17) is 0 Å². The van der Waals surface area contributed by atoms with E-state index in [-0.39, 0.29) is 17.3 Å². The minimum atomic E-state index is -2.92. The molecule has 0 amide bonds. The van der Waals surface area contributed by atoms with Crippen LogP contribution in [0.2, 0.25) is 0 Å². The zero-order chi connectivity index (χ0) is 12.5. The normalized spacial score (nSPS) is 27.2. The molecule has 17 heavy (non-hydrogen) atoms. The predicted molar refractivity (Wildman–Crippen MR) is 62.7 cm³/mol. The molecule has 0 aliphatic carbocycles. The van der Waals surface area contributed by atoms with Crippen molar-refractivity contribution in [2.75, 3.05) is 11.5 Å². The van der Waals surface area contributed by atoms with Crippen molar-refractivity contribution in [3.05, 3.63) is 29.8 Å². The fourth-order valence-electron chi connectivity index (χ4n) is 2.02. The van der Waals surface area contributed by atoms with Gasteiger partial charge in [0.1, 0.15) is 5.82 Å². The average molecular weight is 258 g/mol. The van der Waals surface area contributed by atoms with Crippen LogP contribution < -0.4 is 5.32 Å². The molecule has 2 rings (SSSR count). The largest absolute Gasteiger partial charge is 0.306 e. The summed E-state index contributed by atoms with van der Waals surface area (Å²) in [5.74, 6) is -0.0193. The van der Waals surface area contributed by atoms with Gasteiger partial charge in [-0.3, -0.25) is 4.98 Å². The average Bonchev–Trinajstić information content (AvgIpc) is 2.51. The second-order valence-corrected chi connectivity index (χ2v) is 6.95. The summed E-state index contributed by atoms with van der Waals surface area (Å²) >= 11 is 0. The van der Waals surface area contributed by atoms with E-state index in [1.807, 2.05) is 6.92 Å². The van der Waals surface area contributed by atoms with Gasteiger partial charge in [-0.25, -0.2) is 12.8 Å². The number of sulfone groups is 1. The first-order valence-corrected chi connectivity index (χ1v) is 7.26. The Bertz CT molecular complexity index is 518. The third kappa shape index (κ3) is 3.23. The Balaban J connectivity index is 1.99. The van der Waals surface area contributed by atoms with E-state index >= 15 is 0 Å². The van der Waals surface area contributed by atoms with Crippen LogP contribution in [-0.4, -0.2) is 30.4 Å². The molecule has 1 fully saturated rings. The molecule has 1 aliphatic rings. The zero-order valence-electron chi connectivity index (χ0n) is 9.61. The molecule has 1 N–H and O–H groups in total. The van der Waals surface area contributed by atoms with Gasteiger partial charge in [-0.2, -0.15) is 0 Å². The monoisotopic (exact) mass is 258 g/mol. The van der Waals surface area contributed by atoms with E-state index in [1.165, 1.54) is 6.07 Å². The number of aromatic nitrogens is 1. The highest BCUT2D eigenvalue weighted by molar-refractivity contribution is 7.91. The fourth-order valence-corrected chi connectivity index (χ4v) is 4.14. The molecule has 94 valence electrons. The maximum atomic E-state index is 12.9. The number of nitrogens with zero attached hydrogens (tertiary/aromatic N) is 1.